The van der Waals surface area contributed by atoms with Gasteiger partial charge in [-0.05, 0) is 53.1 Å². The first-order valence-electron chi connectivity index (χ1n) is 13.5. The Morgan fingerprint density at radius 1 is 1.18 bits per heavy atom. The molecule has 214 valence electrons. The lowest BCUT2D eigenvalue weighted by Crippen LogP contribution is -2.51. The number of fused-ring (bicyclic) bond motifs is 1. The van der Waals surface area contributed by atoms with Crippen molar-refractivity contribution in [1.29, 1.82) is 0 Å². The summed E-state index contributed by atoms with van der Waals surface area (Å²) in [4.78, 5) is 37.5. The van der Waals surface area contributed by atoms with Gasteiger partial charge in [0.25, 0.3) is 0 Å². The quantitative estimate of drug-likeness (QED) is 0.401. The number of amides is 3. The molecule has 0 radical (unpaired) electrons. The normalized spacial score (nSPS) is 22.7. The first-order valence-corrected chi connectivity index (χ1v) is 14.3. The van der Waals surface area contributed by atoms with Gasteiger partial charge in [0, 0.05) is 37.0 Å². The molecule has 0 saturated heterocycles. The van der Waals surface area contributed by atoms with Gasteiger partial charge in [-0.2, -0.15) is 4.98 Å². The zero-order chi connectivity index (χ0) is 28.6. The maximum absolute atomic E-state index is 15.4. The fourth-order valence-electron chi connectivity index (χ4n) is 5.95. The van der Waals surface area contributed by atoms with Crippen molar-refractivity contribution in [3.63, 3.8) is 0 Å². The molecule has 1 aromatic carbocycles. The molecule has 3 amide bonds. The number of methoxy groups -OCH3 is 2. The molecule has 2 aromatic rings. The zero-order valence-electron chi connectivity index (χ0n) is 22.9. The van der Waals surface area contributed by atoms with E-state index in [1.165, 1.54) is 55.4 Å². The molecule has 2 heterocycles. The van der Waals surface area contributed by atoms with E-state index in [0.717, 1.165) is 25.2 Å². The average molecular weight is 618 g/mol. The van der Waals surface area contributed by atoms with Gasteiger partial charge in [-0.3, -0.25) is 14.6 Å². The number of hydrogen-bond donors (Lipinski definition) is 2. The molecule has 2 N–H and O–H groups in total. The number of ether oxygens (including phenoxy) is 2. The van der Waals surface area contributed by atoms with Crippen molar-refractivity contribution in [3.8, 4) is 11.5 Å². The van der Waals surface area contributed by atoms with Crippen molar-refractivity contribution in [2.45, 2.75) is 57.2 Å². The molecular formula is C28H34BrFN6O4. The topological polar surface area (TPSA) is 109 Å². The van der Waals surface area contributed by atoms with Crippen LogP contribution in [-0.2, 0) is 11.3 Å². The SMILES string of the molecule is C=CC(=O)NC1CCC(C2CCC2)CC1Nc1ncc2c(n1)N(C)C(=O)N(c1c(F)c(OC)cc(OC)c1Br)C2. The fourth-order valence-corrected chi connectivity index (χ4v) is 6.61. The van der Waals surface area contributed by atoms with E-state index in [-0.39, 0.29) is 36.0 Å². The summed E-state index contributed by atoms with van der Waals surface area (Å²) >= 11 is 3.39. The third-order valence-electron chi connectivity index (χ3n) is 8.36. The number of benzene rings is 1. The van der Waals surface area contributed by atoms with E-state index in [0.29, 0.717) is 33.5 Å². The van der Waals surface area contributed by atoms with Crippen LogP contribution in [0.4, 0.5) is 26.6 Å². The number of nitrogens with one attached hydrogen (secondary N) is 2. The number of aromatic nitrogens is 2. The van der Waals surface area contributed by atoms with Crippen molar-refractivity contribution in [3.05, 3.63) is 40.8 Å². The number of halogens is 2. The van der Waals surface area contributed by atoms with Crippen LogP contribution >= 0.6 is 15.9 Å². The van der Waals surface area contributed by atoms with Crippen molar-refractivity contribution < 1.29 is 23.5 Å². The van der Waals surface area contributed by atoms with Crippen LogP contribution in [0.25, 0.3) is 0 Å². The Balaban J connectivity index is 1.41. The third kappa shape index (κ3) is 5.21. The Bertz CT molecular complexity index is 1290. The number of urea groups is 1. The summed E-state index contributed by atoms with van der Waals surface area (Å²) in [5.74, 6) is 1.52. The largest absolute Gasteiger partial charge is 0.495 e. The molecular weight excluding hydrogens is 583 g/mol. The Morgan fingerprint density at radius 2 is 1.93 bits per heavy atom. The maximum Gasteiger partial charge on any atom is 0.330 e. The smallest absolute Gasteiger partial charge is 0.330 e. The Morgan fingerprint density at radius 3 is 2.58 bits per heavy atom. The zero-order valence-corrected chi connectivity index (χ0v) is 24.5. The summed E-state index contributed by atoms with van der Waals surface area (Å²) in [5, 5.41) is 6.51. The molecule has 1 aliphatic heterocycles. The monoisotopic (exact) mass is 616 g/mol. The summed E-state index contributed by atoms with van der Waals surface area (Å²) in [5.41, 5.74) is 0.652. The highest BCUT2D eigenvalue weighted by atomic mass is 79.9. The van der Waals surface area contributed by atoms with Crippen LogP contribution in [0.3, 0.4) is 0 Å². The van der Waals surface area contributed by atoms with Crippen LogP contribution in [0.1, 0.15) is 44.1 Å². The van der Waals surface area contributed by atoms with E-state index in [1.807, 2.05) is 0 Å². The maximum atomic E-state index is 15.4. The van der Waals surface area contributed by atoms with Gasteiger partial charge in [0.05, 0.1) is 25.2 Å². The number of rotatable bonds is 8. The second-order valence-electron chi connectivity index (χ2n) is 10.6. The molecule has 2 saturated carbocycles. The van der Waals surface area contributed by atoms with E-state index in [1.54, 1.807) is 13.2 Å². The minimum Gasteiger partial charge on any atom is -0.495 e. The number of anilines is 3. The lowest BCUT2D eigenvalue weighted by atomic mass is 9.68. The van der Waals surface area contributed by atoms with Crippen LogP contribution in [0, 0.1) is 17.7 Å². The molecule has 3 unspecified atom stereocenters. The molecule has 3 atom stereocenters. The van der Waals surface area contributed by atoms with Crippen LogP contribution in [0.5, 0.6) is 11.5 Å². The molecule has 1 aromatic heterocycles. The van der Waals surface area contributed by atoms with Crippen LogP contribution in [0.2, 0.25) is 0 Å². The van der Waals surface area contributed by atoms with Crippen molar-refractivity contribution in [2.75, 3.05) is 36.4 Å². The Hall–Kier alpha value is -3.41. The van der Waals surface area contributed by atoms with E-state index in [4.69, 9.17) is 9.47 Å². The molecule has 3 aliphatic rings. The molecule has 2 aliphatic carbocycles. The highest BCUT2D eigenvalue weighted by molar-refractivity contribution is 9.10. The first kappa shape index (κ1) is 28.1. The van der Waals surface area contributed by atoms with E-state index < -0.39 is 11.8 Å². The van der Waals surface area contributed by atoms with Crippen molar-refractivity contribution in [2.24, 2.45) is 11.8 Å². The van der Waals surface area contributed by atoms with Gasteiger partial charge in [-0.15, -0.1) is 0 Å². The lowest BCUT2D eigenvalue weighted by Gasteiger charge is -2.43. The van der Waals surface area contributed by atoms with Gasteiger partial charge in [-0.1, -0.05) is 25.8 Å². The third-order valence-corrected chi connectivity index (χ3v) is 9.13. The van der Waals surface area contributed by atoms with Crippen molar-refractivity contribution in [1.82, 2.24) is 15.3 Å². The summed E-state index contributed by atoms with van der Waals surface area (Å²) < 4.78 is 26.2. The Labute approximate surface area is 241 Å². The highest BCUT2D eigenvalue weighted by Gasteiger charge is 2.38. The predicted octanol–water partition coefficient (Wildman–Crippen LogP) is 5.02. The van der Waals surface area contributed by atoms with Gasteiger partial charge in [-0.25, -0.2) is 14.2 Å². The average Bonchev–Trinajstić information content (AvgIpc) is 2.92. The summed E-state index contributed by atoms with van der Waals surface area (Å²) in [6.45, 7) is 3.63. The minimum absolute atomic E-state index is 0.00550. The van der Waals surface area contributed by atoms with E-state index >= 15 is 4.39 Å². The van der Waals surface area contributed by atoms with Gasteiger partial charge in [0.1, 0.15) is 17.3 Å². The standard InChI is InChI=1S/C28H34BrFN6O4/c1-5-22(37)32-18-10-9-16(15-7-6-8-15)11-19(18)33-27-31-13-17-14-36(28(38)35(2)26(17)34-27)25-23(29)20(39-3)12-21(40-4)24(25)30/h5,12-13,15-16,18-19H,1,6-11,14H2,2-4H3,(H,32,37)(H,31,33,34). The lowest BCUT2D eigenvalue weighted by molar-refractivity contribution is -0.117. The van der Waals surface area contributed by atoms with E-state index in [9.17, 15) is 9.59 Å². The molecule has 0 bridgehead atoms. The van der Waals surface area contributed by atoms with Gasteiger partial charge in [0.2, 0.25) is 11.9 Å². The van der Waals surface area contributed by atoms with Gasteiger partial charge in [0.15, 0.2) is 11.6 Å². The molecule has 40 heavy (non-hydrogen) atoms. The second-order valence-corrected chi connectivity index (χ2v) is 11.4. The summed E-state index contributed by atoms with van der Waals surface area (Å²) in [7, 11) is 4.40. The predicted molar refractivity (Wildman–Crippen MR) is 153 cm³/mol. The fraction of sp³-hybridized carbons (Fsp3) is 0.500. The second kappa shape index (κ2) is 11.6. The van der Waals surface area contributed by atoms with E-state index in [2.05, 4.69) is 43.1 Å². The molecule has 10 nitrogen and oxygen atoms in total. The number of nitrogens with zero attached hydrogens (tertiary/aromatic N) is 4. The van der Waals surface area contributed by atoms with Crippen LogP contribution in [-0.4, -0.2) is 55.3 Å². The molecule has 12 heteroatoms. The van der Waals surface area contributed by atoms with Crippen LogP contribution < -0.4 is 29.9 Å². The number of hydrogen-bond acceptors (Lipinski definition) is 7. The van der Waals surface area contributed by atoms with Gasteiger partial charge < -0.3 is 20.1 Å². The minimum atomic E-state index is -0.689. The number of carbonyl (C=O) groups is 2. The summed E-state index contributed by atoms with van der Waals surface area (Å²) in [6, 6.07) is 0.809. The Kier molecular flexibility index (Phi) is 8.16. The molecule has 2 fully saturated rings. The number of carbonyl (C=O) groups excluding carboxylic acids is 2. The molecule has 5 rings (SSSR count). The molecule has 0 spiro atoms. The highest BCUT2D eigenvalue weighted by Crippen LogP contribution is 2.45. The van der Waals surface area contributed by atoms with Gasteiger partial charge >= 0.3 is 6.03 Å². The first-order chi connectivity index (χ1) is 19.2. The van der Waals surface area contributed by atoms with Crippen molar-refractivity contribution >= 4 is 45.3 Å². The van der Waals surface area contributed by atoms with Crippen LogP contribution in [0.15, 0.2) is 29.4 Å². The summed E-state index contributed by atoms with van der Waals surface area (Å²) in [6.07, 6.45) is 9.57.